The highest BCUT2D eigenvalue weighted by Crippen LogP contribution is 2.22. The first-order chi connectivity index (χ1) is 10.0. The summed E-state index contributed by atoms with van der Waals surface area (Å²) in [5.74, 6) is 0.460. The Balaban J connectivity index is 1.51. The molecule has 1 saturated carbocycles. The van der Waals surface area contributed by atoms with E-state index in [1.165, 1.54) is 12.8 Å². The Labute approximate surface area is 128 Å². The Kier molecular flexibility index (Phi) is 4.85. The van der Waals surface area contributed by atoms with Crippen LogP contribution in [0.2, 0.25) is 0 Å². The second-order valence-corrected chi connectivity index (χ2v) is 8.62. The van der Waals surface area contributed by atoms with Crippen LogP contribution in [0.3, 0.4) is 0 Å². The van der Waals surface area contributed by atoms with Crippen LogP contribution in [-0.4, -0.2) is 69.5 Å². The number of likely N-dealkylation sites (tertiary alicyclic amines) is 1. The predicted octanol–water partition coefficient (Wildman–Crippen LogP) is -0.0111. The molecule has 21 heavy (non-hydrogen) atoms. The fraction of sp³-hybridized carbons (Fsp3) is 1.00. The van der Waals surface area contributed by atoms with Crippen molar-refractivity contribution in [1.82, 2.24) is 19.2 Å². The van der Waals surface area contributed by atoms with Crippen molar-refractivity contribution in [1.29, 1.82) is 0 Å². The fourth-order valence-corrected chi connectivity index (χ4v) is 4.89. The second kappa shape index (κ2) is 6.50. The molecule has 122 valence electrons. The maximum Gasteiger partial charge on any atom is 0.279 e. The summed E-state index contributed by atoms with van der Waals surface area (Å²) in [5.41, 5.74) is 0. The number of nitrogens with zero attached hydrogens (tertiary/aromatic N) is 2. The van der Waals surface area contributed by atoms with Crippen molar-refractivity contribution in [3.8, 4) is 0 Å². The summed E-state index contributed by atoms with van der Waals surface area (Å²) in [6, 6.07) is 0.772. The van der Waals surface area contributed by atoms with Gasteiger partial charge in [0.2, 0.25) is 0 Å². The zero-order chi connectivity index (χ0) is 14.9. The number of rotatable bonds is 6. The summed E-state index contributed by atoms with van der Waals surface area (Å²) >= 11 is 0. The Morgan fingerprint density at radius 1 is 1.05 bits per heavy atom. The lowest BCUT2D eigenvalue weighted by atomic mass is 10.00. The van der Waals surface area contributed by atoms with Gasteiger partial charge in [0.25, 0.3) is 10.2 Å². The van der Waals surface area contributed by atoms with E-state index in [9.17, 15) is 8.42 Å². The Morgan fingerprint density at radius 3 is 2.52 bits per heavy atom. The summed E-state index contributed by atoms with van der Waals surface area (Å²) in [4.78, 5) is 2.17. The van der Waals surface area contributed by atoms with Crippen molar-refractivity contribution in [2.45, 2.75) is 44.2 Å². The SMILES string of the molecule is CN1CCC(NS(=O)(=O)N2CCCC(CNC3CC3)C2)C1. The van der Waals surface area contributed by atoms with Crippen LogP contribution in [0, 0.1) is 5.92 Å². The molecule has 2 saturated heterocycles. The lowest BCUT2D eigenvalue weighted by molar-refractivity contribution is 0.256. The van der Waals surface area contributed by atoms with Gasteiger partial charge >= 0.3 is 0 Å². The van der Waals surface area contributed by atoms with Gasteiger partial charge in [0.05, 0.1) is 0 Å². The molecule has 2 atom stereocenters. The summed E-state index contributed by atoms with van der Waals surface area (Å²) < 4.78 is 29.6. The number of hydrogen-bond donors (Lipinski definition) is 2. The van der Waals surface area contributed by atoms with E-state index in [2.05, 4.69) is 14.9 Å². The molecule has 2 heterocycles. The van der Waals surface area contributed by atoms with Crippen molar-refractivity contribution >= 4 is 10.2 Å². The van der Waals surface area contributed by atoms with Gasteiger partial charge in [-0.3, -0.25) is 0 Å². The minimum absolute atomic E-state index is 0.0740. The van der Waals surface area contributed by atoms with E-state index >= 15 is 0 Å². The van der Waals surface area contributed by atoms with Gasteiger partial charge in [-0.05, 0) is 58.2 Å². The van der Waals surface area contributed by atoms with Crippen LogP contribution in [-0.2, 0) is 10.2 Å². The lowest BCUT2D eigenvalue weighted by Crippen LogP contribution is -2.50. The van der Waals surface area contributed by atoms with Gasteiger partial charge in [-0.2, -0.15) is 17.4 Å². The highest BCUT2D eigenvalue weighted by Gasteiger charge is 2.32. The smallest absolute Gasteiger partial charge is 0.279 e. The molecular formula is C14H28N4O2S. The molecule has 2 aliphatic heterocycles. The van der Waals surface area contributed by atoms with Crippen LogP contribution < -0.4 is 10.0 Å². The zero-order valence-corrected chi connectivity index (χ0v) is 13.7. The highest BCUT2D eigenvalue weighted by atomic mass is 32.2. The normalized spacial score (nSPS) is 32.6. The number of likely N-dealkylation sites (N-methyl/N-ethyl adjacent to an activating group) is 1. The summed E-state index contributed by atoms with van der Waals surface area (Å²) in [6.45, 7) is 4.08. The van der Waals surface area contributed by atoms with Crippen LogP contribution in [0.1, 0.15) is 32.1 Å². The number of nitrogens with one attached hydrogen (secondary N) is 2. The monoisotopic (exact) mass is 316 g/mol. The van der Waals surface area contributed by atoms with Crippen molar-refractivity contribution < 1.29 is 8.42 Å². The van der Waals surface area contributed by atoms with Crippen molar-refractivity contribution in [3.05, 3.63) is 0 Å². The molecule has 7 heteroatoms. The maximum absolute atomic E-state index is 12.5. The zero-order valence-electron chi connectivity index (χ0n) is 12.9. The molecule has 0 bridgehead atoms. The second-order valence-electron chi connectivity index (χ2n) is 6.92. The van der Waals surface area contributed by atoms with Gasteiger partial charge in [0, 0.05) is 31.7 Å². The van der Waals surface area contributed by atoms with Crippen LogP contribution in [0.4, 0.5) is 0 Å². The average molecular weight is 316 g/mol. The summed E-state index contributed by atoms with van der Waals surface area (Å²) in [6.07, 6.45) is 5.59. The predicted molar refractivity (Wildman–Crippen MR) is 83.3 cm³/mol. The quantitative estimate of drug-likeness (QED) is 0.723. The molecule has 3 fully saturated rings. The number of piperidine rings is 1. The lowest BCUT2D eigenvalue weighted by Gasteiger charge is -2.32. The minimum Gasteiger partial charge on any atom is -0.314 e. The van der Waals surface area contributed by atoms with Crippen LogP contribution in [0.15, 0.2) is 0 Å². The molecule has 0 aromatic carbocycles. The van der Waals surface area contributed by atoms with Crippen molar-refractivity contribution in [2.24, 2.45) is 5.92 Å². The molecule has 0 radical (unpaired) electrons. The molecule has 0 amide bonds. The largest absolute Gasteiger partial charge is 0.314 e. The highest BCUT2D eigenvalue weighted by molar-refractivity contribution is 7.87. The number of hydrogen-bond acceptors (Lipinski definition) is 4. The third kappa shape index (κ3) is 4.39. The average Bonchev–Trinajstić information content (AvgIpc) is 3.20. The molecule has 0 spiro atoms. The summed E-state index contributed by atoms with van der Waals surface area (Å²) in [5, 5.41) is 3.53. The Hall–Kier alpha value is -0.210. The maximum atomic E-state index is 12.5. The topological polar surface area (TPSA) is 64.7 Å². The molecule has 3 rings (SSSR count). The third-order valence-corrected chi connectivity index (χ3v) is 6.44. The van der Waals surface area contributed by atoms with Crippen LogP contribution >= 0.6 is 0 Å². The van der Waals surface area contributed by atoms with E-state index in [4.69, 9.17) is 0 Å². The first-order valence-corrected chi connectivity index (χ1v) is 9.66. The minimum atomic E-state index is -3.32. The van der Waals surface area contributed by atoms with E-state index in [0.29, 0.717) is 25.0 Å². The van der Waals surface area contributed by atoms with E-state index in [0.717, 1.165) is 38.9 Å². The van der Waals surface area contributed by atoms with Crippen molar-refractivity contribution in [2.75, 3.05) is 39.8 Å². The van der Waals surface area contributed by atoms with E-state index < -0.39 is 10.2 Å². The molecular weight excluding hydrogens is 288 g/mol. The molecule has 0 aromatic heterocycles. The van der Waals surface area contributed by atoms with Gasteiger partial charge in [-0.15, -0.1) is 0 Å². The van der Waals surface area contributed by atoms with Gasteiger partial charge < -0.3 is 10.2 Å². The van der Waals surface area contributed by atoms with Gasteiger partial charge in [-0.1, -0.05) is 0 Å². The third-order valence-electron chi connectivity index (χ3n) is 4.80. The van der Waals surface area contributed by atoms with Gasteiger partial charge in [0.15, 0.2) is 0 Å². The molecule has 1 aliphatic carbocycles. The molecule has 6 nitrogen and oxygen atoms in total. The molecule has 0 aromatic rings. The van der Waals surface area contributed by atoms with Crippen molar-refractivity contribution in [3.63, 3.8) is 0 Å². The first kappa shape index (κ1) is 15.7. The first-order valence-electron chi connectivity index (χ1n) is 8.22. The van der Waals surface area contributed by atoms with E-state index in [-0.39, 0.29) is 6.04 Å². The molecule has 2 unspecified atom stereocenters. The Morgan fingerprint density at radius 2 is 1.86 bits per heavy atom. The standard InChI is InChI=1S/C14H28N4O2S/c1-17-8-6-14(11-17)16-21(19,20)18-7-2-3-12(10-18)9-15-13-4-5-13/h12-16H,2-11H2,1H3. The fourth-order valence-electron chi connectivity index (χ4n) is 3.35. The van der Waals surface area contributed by atoms with E-state index in [1.807, 2.05) is 7.05 Å². The van der Waals surface area contributed by atoms with E-state index in [1.54, 1.807) is 4.31 Å². The van der Waals surface area contributed by atoms with Crippen LogP contribution in [0.5, 0.6) is 0 Å². The molecule has 3 aliphatic rings. The molecule has 2 N–H and O–H groups in total. The van der Waals surface area contributed by atoms with Gasteiger partial charge in [0.1, 0.15) is 0 Å². The van der Waals surface area contributed by atoms with Gasteiger partial charge in [-0.25, -0.2) is 0 Å². The Bertz CT molecular complexity index is 452. The van der Waals surface area contributed by atoms with Crippen LogP contribution in [0.25, 0.3) is 0 Å². The summed E-state index contributed by atoms with van der Waals surface area (Å²) in [7, 11) is -1.28.